The largest absolute Gasteiger partial charge is 0.352 e. The van der Waals surface area contributed by atoms with E-state index in [4.69, 9.17) is 0 Å². The van der Waals surface area contributed by atoms with Gasteiger partial charge in [0.25, 0.3) is 11.8 Å². The van der Waals surface area contributed by atoms with E-state index >= 15 is 0 Å². The summed E-state index contributed by atoms with van der Waals surface area (Å²) in [6.45, 7) is 0.279. The second-order valence-corrected chi connectivity index (χ2v) is 8.15. The molecule has 2 aliphatic rings. The van der Waals surface area contributed by atoms with Crippen LogP contribution >= 0.6 is 0 Å². The molecule has 1 saturated heterocycles. The summed E-state index contributed by atoms with van der Waals surface area (Å²) in [5.41, 5.74) is 0.659. The zero-order valence-corrected chi connectivity index (χ0v) is 17.2. The molecule has 0 unspecified atom stereocenters. The minimum absolute atomic E-state index is 0.112. The average molecular weight is 438 g/mol. The van der Waals surface area contributed by atoms with Gasteiger partial charge in [-0.1, -0.05) is 18.2 Å². The number of rotatable bonds is 5. The normalized spacial score (nSPS) is 22.2. The van der Waals surface area contributed by atoms with E-state index < -0.39 is 23.3 Å². The summed E-state index contributed by atoms with van der Waals surface area (Å²) in [4.78, 5) is 48.3. The van der Waals surface area contributed by atoms with E-state index in [9.17, 15) is 23.6 Å². The molecular formula is C23H23FN4O4. The molecule has 1 heterocycles. The molecule has 2 aromatic rings. The van der Waals surface area contributed by atoms with Crippen molar-refractivity contribution in [1.82, 2.24) is 16.0 Å². The lowest BCUT2D eigenvalue weighted by atomic mass is 9.76. The fourth-order valence-corrected chi connectivity index (χ4v) is 4.18. The molecule has 2 aromatic carbocycles. The summed E-state index contributed by atoms with van der Waals surface area (Å²) in [6.07, 6.45) is 1.85. The number of urea groups is 1. The molecule has 1 aliphatic carbocycles. The maximum Gasteiger partial charge on any atom is 0.322 e. The number of hydrogen-bond acceptors (Lipinski definition) is 4. The maximum atomic E-state index is 13.3. The Labute approximate surface area is 184 Å². The molecule has 0 radical (unpaired) electrons. The molecule has 32 heavy (non-hydrogen) atoms. The monoisotopic (exact) mass is 438 g/mol. The van der Waals surface area contributed by atoms with Crippen molar-refractivity contribution in [3.05, 3.63) is 65.5 Å². The molecule has 1 aliphatic heterocycles. The third-order valence-corrected chi connectivity index (χ3v) is 5.96. The van der Waals surface area contributed by atoms with Crippen molar-refractivity contribution in [3.8, 4) is 0 Å². The predicted molar refractivity (Wildman–Crippen MR) is 114 cm³/mol. The van der Waals surface area contributed by atoms with Gasteiger partial charge < -0.3 is 16.0 Å². The van der Waals surface area contributed by atoms with Gasteiger partial charge in [-0.15, -0.1) is 0 Å². The van der Waals surface area contributed by atoms with Crippen LogP contribution in [-0.4, -0.2) is 29.3 Å². The van der Waals surface area contributed by atoms with Crippen molar-refractivity contribution in [2.45, 2.75) is 37.8 Å². The first kappa shape index (κ1) is 21.5. The summed E-state index contributed by atoms with van der Waals surface area (Å²) in [5.74, 6) is -1.58. The van der Waals surface area contributed by atoms with E-state index in [1.165, 1.54) is 18.2 Å². The van der Waals surface area contributed by atoms with Crippen LogP contribution < -0.4 is 21.3 Å². The number of hydrogen-bond donors (Lipinski definition) is 4. The Kier molecular flexibility index (Phi) is 5.89. The number of carbonyl (C=O) groups excluding carboxylic acids is 4. The fraction of sp³-hybridized carbons (Fsp3) is 0.304. The summed E-state index contributed by atoms with van der Waals surface area (Å²) < 4.78 is 13.3. The minimum atomic E-state index is -0.887. The maximum absolute atomic E-state index is 13.3. The predicted octanol–water partition coefficient (Wildman–Crippen LogP) is 2.46. The first-order valence-electron chi connectivity index (χ1n) is 10.4. The van der Waals surface area contributed by atoms with Crippen molar-refractivity contribution < 1.29 is 23.6 Å². The van der Waals surface area contributed by atoms with Gasteiger partial charge in [0, 0.05) is 23.7 Å². The second kappa shape index (κ2) is 8.78. The van der Waals surface area contributed by atoms with Gasteiger partial charge in [0.15, 0.2) is 0 Å². The van der Waals surface area contributed by atoms with Crippen LogP contribution in [0.2, 0.25) is 0 Å². The summed E-state index contributed by atoms with van der Waals surface area (Å²) in [7, 11) is 0. The number of amides is 5. The molecule has 4 N–H and O–H groups in total. The molecule has 0 aromatic heterocycles. The van der Waals surface area contributed by atoms with Crippen molar-refractivity contribution >= 4 is 29.4 Å². The SMILES string of the molecule is O=C1NC(=O)C2(CCC(C(=O)NCc3cccc(NC(=O)c4cccc(F)c4)c3)CC2)N1. The van der Waals surface area contributed by atoms with Gasteiger partial charge >= 0.3 is 6.03 Å². The average Bonchev–Trinajstić information content (AvgIpc) is 3.05. The van der Waals surface area contributed by atoms with Gasteiger partial charge in [0.05, 0.1) is 0 Å². The molecular weight excluding hydrogens is 415 g/mol. The van der Waals surface area contributed by atoms with Gasteiger partial charge in [-0.05, 0) is 61.6 Å². The molecule has 5 amide bonds. The van der Waals surface area contributed by atoms with Gasteiger partial charge in [-0.2, -0.15) is 0 Å². The number of anilines is 1. The van der Waals surface area contributed by atoms with E-state index in [1.54, 1.807) is 18.2 Å². The number of imide groups is 1. The van der Waals surface area contributed by atoms with Crippen LogP contribution in [0.5, 0.6) is 0 Å². The number of halogens is 1. The Morgan fingerprint density at radius 2 is 1.81 bits per heavy atom. The van der Waals surface area contributed by atoms with E-state index in [-0.39, 0.29) is 29.8 Å². The number of benzene rings is 2. The smallest absolute Gasteiger partial charge is 0.322 e. The Morgan fingerprint density at radius 3 is 2.50 bits per heavy atom. The van der Waals surface area contributed by atoms with Crippen molar-refractivity contribution in [2.24, 2.45) is 5.92 Å². The molecule has 0 bridgehead atoms. The van der Waals surface area contributed by atoms with Crippen LogP contribution in [0.3, 0.4) is 0 Å². The topological polar surface area (TPSA) is 116 Å². The highest BCUT2D eigenvalue weighted by Crippen LogP contribution is 2.34. The first-order chi connectivity index (χ1) is 15.3. The van der Waals surface area contributed by atoms with Crippen LogP contribution in [0.1, 0.15) is 41.6 Å². The van der Waals surface area contributed by atoms with Crippen molar-refractivity contribution in [1.29, 1.82) is 0 Å². The van der Waals surface area contributed by atoms with Crippen molar-refractivity contribution in [2.75, 3.05) is 5.32 Å². The third kappa shape index (κ3) is 4.61. The van der Waals surface area contributed by atoms with E-state index in [0.717, 1.165) is 11.6 Å². The van der Waals surface area contributed by atoms with Gasteiger partial charge in [0.1, 0.15) is 11.4 Å². The lowest BCUT2D eigenvalue weighted by molar-refractivity contribution is -0.130. The Bertz CT molecular complexity index is 1080. The molecule has 2 fully saturated rings. The lowest BCUT2D eigenvalue weighted by Gasteiger charge is -2.33. The highest BCUT2D eigenvalue weighted by atomic mass is 19.1. The highest BCUT2D eigenvalue weighted by molar-refractivity contribution is 6.07. The molecule has 1 saturated carbocycles. The van der Waals surface area contributed by atoms with Gasteiger partial charge in [0.2, 0.25) is 5.91 Å². The van der Waals surface area contributed by atoms with Crippen LogP contribution in [0.25, 0.3) is 0 Å². The molecule has 1 spiro atoms. The summed E-state index contributed by atoms with van der Waals surface area (Å²) >= 11 is 0. The quantitative estimate of drug-likeness (QED) is 0.537. The number of nitrogens with one attached hydrogen (secondary N) is 4. The molecule has 0 atom stereocenters. The molecule has 166 valence electrons. The van der Waals surface area contributed by atoms with E-state index in [0.29, 0.717) is 31.4 Å². The zero-order valence-electron chi connectivity index (χ0n) is 17.2. The second-order valence-electron chi connectivity index (χ2n) is 8.15. The summed E-state index contributed by atoms with van der Waals surface area (Å²) in [6, 6.07) is 12.0. The van der Waals surface area contributed by atoms with Crippen LogP contribution in [0, 0.1) is 11.7 Å². The molecule has 8 nitrogen and oxygen atoms in total. The van der Waals surface area contributed by atoms with Gasteiger partial charge in [-0.25, -0.2) is 9.18 Å². The Hall–Kier alpha value is -3.75. The van der Waals surface area contributed by atoms with E-state index in [2.05, 4.69) is 21.3 Å². The van der Waals surface area contributed by atoms with E-state index in [1.807, 2.05) is 6.07 Å². The zero-order chi connectivity index (χ0) is 22.7. The number of carbonyl (C=O) groups is 4. The lowest BCUT2D eigenvalue weighted by Crippen LogP contribution is -2.50. The van der Waals surface area contributed by atoms with Crippen LogP contribution in [0.15, 0.2) is 48.5 Å². The standard InChI is InChI=1S/C23H23FN4O4/c24-17-5-2-4-16(12-17)20(30)26-18-6-1-3-14(11-18)13-25-19(29)15-7-9-23(10-8-15)21(31)27-22(32)28-23/h1-6,11-12,15H,7-10,13H2,(H,25,29)(H,26,30)(H2,27,28,31,32). The minimum Gasteiger partial charge on any atom is -0.352 e. The molecule has 9 heteroatoms. The Morgan fingerprint density at radius 1 is 1.06 bits per heavy atom. The first-order valence-corrected chi connectivity index (χ1v) is 10.4. The fourth-order valence-electron chi connectivity index (χ4n) is 4.18. The van der Waals surface area contributed by atoms with Gasteiger partial charge in [-0.3, -0.25) is 19.7 Å². The summed E-state index contributed by atoms with van der Waals surface area (Å²) in [5, 5.41) is 10.6. The van der Waals surface area contributed by atoms with Crippen LogP contribution in [0.4, 0.5) is 14.9 Å². The Balaban J connectivity index is 1.30. The van der Waals surface area contributed by atoms with Crippen molar-refractivity contribution in [3.63, 3.8) is 0 Å². The highest BCUT2D eigenvalue weighted by Gasteiger charge is 2.48. The van der Waals surface area contributed by atoms with Crippen LogP contribution in [-0.2, 0) is 16.1 Å². The third-order valence-electron chi connectivity index (χ3n) is 5.96. The molecule has 4 rings (SSSR count).